The quantitative estimate of drug-likeness (QED) is 0.829. The van der Waals surface area contributed by atoms with Gasteiger partial charge in [0.1, 0.15) is 5.75 Å². The van der Waals surface area contributed by atoms with Crippen molar-refractivity contribution in [2.45, 2.75) is 19.3 Å². The molecule has 1 N–H and O–H groups in total. The van der Waals surface area contributed by atoms with Gasteiger partial charge < -0.3 is 5.11 Å². The van der Waals surface area contributed by atoms with E-state index in [-0.39, 0.29) is 0 Å². The van der Waals surface area contributed by atoms with Crippen molar-refractivity contribution in [2.75, 3.05) is 5.33 Å². The maximum absolute atomic E-state index is 9.30. The molecule has 0 aromatic heterocycles. The number of hydrogen-bond donors (Lipinski definition) is 1. The molecule has 94 valence electrons. The van der Waals surface area contributed by atoms with Gasteiger partial charge in [-0.3, -0.25) is 0 Å². The smallest absolute Gasteiger partial charge is 0.115 e. The van der Waals surface area contributed by atoms with Crippen LogP contribution in [0.2, 0.25) is 0 Å². The van der Waals surface area contributed by atoms with Crippen molar-refractivity contribution in [3.63, 3.8) is 0 Å². The lowest BCUT2D eigenvalue weighted by Gasteiger charge is -2.17. The van der Waals surface area contributed by atoms with Crippen LogP contribution in [0.1, 0.15) is 22.6 Å². The Balaban J connectivity index is 2.20. The van der Waals surface area contributed by atoms with Crippen LogP contribution in [0, 0.1) is 6.92 Å². The molecule has 2 aromatic carbocycles. The lowest BCUT2D eigenvalue weighted by molar-refractivity contribution is 0.475. The molecule has 0 saturated heterocycles. The number of phenols is 1. The third-order valence-electron chi connectivity index (χ3n) is 3.23. The Kier molecular flexibility index (Phi) is 4.43. The minimum atomic E-state index is 0.324. The van der Waals surface area contributed by atoms with Crippen molar-refractivity contribution in [2.24, 2.45) is 0 Å². The number of halogens is 1. The molecular weight excluding hydrogens is 288 g/mol. The van der Waals surface area contributed by atoms with E-state index in [1.165, 1.54) is 16.7 Å². The summed E-state index contributed by atoms with van der Waals surface area (Å²) in [6.45, 7) is 2.15. The van der Waals surface area contributed by atoms with Gasteiger partial charge in [-0.2, -0.15) is 0 Å². The topological polar surface area (TPSA) is 20.2 Å². The van der Waals surface area contributed by atoms with Gasteiger partial charge in [-0.25, -0.2) is 0 Å². The third-order valence-corrected chi connectivity index (χ3v) is 4.01. The molecule has 0 saturated carbocycles. The maximum Gasteiger partial charge on any atom is 0.115 e. The number of aryl methyl sites for hydroxylation is 1. The Morgan fingerprint density at radius 1 is 1.06 bits per heavy atom. The summed E-state index contributed by atoms with van der Waals surface area (Å²) in [5.41, 5.74) is 3.98. The van der Waals surface area contributed by atoms with E-state index in [0.717, 1.165) is 11.8 Å². The summed E-state index contributed by atoms with van der Waals surface area (Å²) in [6, 6.07) is 16.0. The fourth-order valence-electron chi connectivity index (χ4n) is 2.21. The number of alkyl halides is 1. The molecule has 1 unspecified atom stereocenters. The number of hydrogen-bond acceptors (Lipinski definition) is 1. The van der Waals surface area contributed by atoms with Crippen molar-refractivity contribution in [3.05, 3.63) is 65.2 Å². The summed E-state index contributed by atoms with van der Waals surface area (Å²) in [4.78, 5) is 0. The van der Waals surface area contributed by atoms with E-state index in [1.807, 2.05) is 12.1 Å². The lowest BCUT2D eigenvalue weighted by atomic mass is 9.91. The van der Waals surface area contributed by atoms with Gasteiger partial charge in [0.15, 0.2) is 0 Å². The molecule has 0 aliphatic rings. The van der Waals surface area contributed by atoms with Gasteiger partial charge in [-0.15, -0.1) is 0 Å². The van der Waals surface area contributed by atoms with Gasteiger partial charge in [-0.05, 0) is 48.1 Å². The molecule has 0 aliphatic heterocycles. The zero-order valence-corrected chi connectivity index (χ0v) is 12.0. The Hall–Kier alpha value is -1.28. The minimum Gasteiger partial charge on any atom is -0.508 e. The van der Waals surface area contributed by atoms with Crippen LogP contribution < -0.4 is 0 Å². The Morgan fingerprint density at radius 2 is 1.72 bits per heavy atom. The van der Waals surface area contributed by atoms with Crippen LogP contribution in [0.4, 0.5) is 0 Å². The normalized spacial score (nSPS) is 12.3. The van der Waals surface area contributed by atoms with Crippen LogP contribution in [-0.4, -0.2) is 10.4 Å². The molecular formula is C16H17BrO. The van der Waals surface area contributed by atoms with E-state index in [2.05, 4.69) is 47.1 Å². The highest BCUT2D eigenvalue weighted by Crippen LogP contribution is 2.26. The van der Waals surface area contributed by atoms with E-state index in [4.69, 9.17) is 0 Å². The fourth-order valence-corrected chi connectivity index (χ4v) is 2.79. The SMILES string of the molecule is Cc1ccccc1C(CBr)Cc1ccc(O)cc1. The molecule has 0 radical (unpaired) electrons. The van der Waals surface area contributed by atoms with Gasteiger partial charge in [-0.1, -0.05) is 52.3 Å². The summed E-state index contributed by atoms with van der Waals surface area (Å²) in [6.07, 6.45) is 0.983. The number of phenolic OH excluding ortho intramolecular Hbond substituents is 1. The summed E-state index contributed by atoms with van der Waals surface area (Å²) in [5.74, 6) is 0.792. The van der Waals surface area contributed by atoms with Gasteiger partial charge >= 0.3 is 0 Å². The van der Waals surface area contributed by atoms with Crippen LogP contribution >= 0.6 is 15.9 Å². The molecule has 2 heteroatoms. The van der Waals surface area contributed by atoms with Crippen molar-refractivity contribution in [1.29, 1.82) is 0 Å². The van der Waals surface area contributed by atoms with Crippen LogP contribution in [0.25, 0.3) is 0 Å². The first-order chi connectivity index (χ1) is 8.70. The van der Waals surface area contributed by atoms with Crippen LogP contribution in [-0.2, 0) is 6.42 Å². The van der Waals surface area contributed by atoms with Gasteiger partial charge in [0.2, 0.25) is 0 Å². The van der Waals surface area contributed by atoms with E-state index in [1.54, 1.807) is 12.1 Å². The minimum absolute atomic E-state index is 0.324. The van der Waals surface area contributed by atoms with E-state index >= 15 is 0 Å². The van der Waals surface area contributed by atoms with Crippen molar-refractivity contribution < 1.29 is 5.11 Å². The first kappa shape index (κ1) is 13.2. The van der Waals surface area contributed by atoms with Crippen molar-refractivity contribution >= 4 is 15.9 Å². The van der Waals surface area contributed by atoms with E-state index in [9.17, 15) is 5.11 Å². The molecule has 0 fully saturated rings. The zero-order valence-electron chi connectivity index (χ0n) is 10.4. The largest absolute Gasteiger partial charge is 0.508 e. The predicted octanol–water partition coefficient (Wildman–Crippen LogP) is 4.42. The summed E-state index contributed by atoms with van der Waals surface area (Å²) < 4.78 is 0. The van der Waals surface area contributed by atoms with E-state index < -0.39 is 0 Å². The average molecular weight is 305 g/mol. The monoisotopic (exact) mass is 304 g/mol. The van der Waals surface area contributed by atoms with Crippen molar-refractivity contribution in [1.82, 2.24) is 0 Å². The Bertz CT molecular complexity index is 505. The fraction of sp³-hybridized carbons (Fsp3) is 0.250. The lowest BCUT2D eigenvalue weighted by Crippen LogP contribution is -2.06. The van der Waals surface area contributed by atoms with Crippen LogP contribution in [0.3, 0.4) is 0 Å². The average Bonchev–Trinajstić information content (AvgIpc) is 2.39. The second-order valence-electron chi connectivity index (χ2n) is 4.58. The molecule has 0 bridgehead atoms. The first-order valence-electron chi connectivity index (χ1n) is 6.10. The molecule has 0 spiro atoms. The zero-order chi connectivity index (χ0) is 13.0. The van der Waals surface area contributed by atoms with Gasteiger partial charge in [0.05, 0.1) is 0 Å². The van der Waals surface area contributed by atoms with Gasteiger partial charge in [0.25, 0.3) is 0 Å². The second kappa shape index (κ2) is 6.05. The summed E-state index contributed by atoms with van der Waals surface area (Å²) >= 11 is 3.61. The Labute approximate surface area is 117 Å². The Morgan fingerprint density at radius 3 is 2.33 bits per heavy atom. The molecule has 0 aliphatic carbocycles. The second-order valence-corrected chi connectivity index (χ2v) is 5.23. The molecule has 18 heavy (non-hydrogen) atoms. The standard InChI is InChI=1S/C16H17BrO/c1-12-4-2-3-5-16(12)14(11-17)10-13-6-8-15(18)9-7-13/h2-9,14,18H,10-11H2,1H3. The third kappa shape index (κ3) is 3.14. The van der Waals surface area contributed by atoms with Crippen molar-refractivity contribution in [3.8, 4) is 5.75 Å². The van der Waals surface area contributed by atoms with Crippen LogP contribution in [0.5, 0.6) is 5.75 Å². The highest BCUT2D eigenvalue weighted by atomic mass is 79.9. The molecule has 1 atom stereocenters. The highest BCUT2D eigenvalue weighted by molar-refractivity contribution is 9.09. The molecule has 0 amide bonds. The number of benzene rings is 2. The molecule has 1 nitrogen and oxygen atoms in total. The first-order valence-corrected chi connectivity index (χ1v) is 7.22. The summed E-state index contributed by atoms with van der Waals surface area (Å²) in [5, 5.41) is 10.2. The maximum atomic E-state index is 9.30. The van der Waals surface area contributed by atoms with Gasteiger partial charge in [0, 0.05) is 5.33 Å². The van der Waals surface area contributed by atoms with E-state index in [0.29, 0.717) is 11.7 Å². The highest BCUT2D eigenvalue weighted by Gasteiger charge is 2.12. The molecule has 2 rings (SSSR count). The predicted molar refractivity (Wildman–Crippen MR) is 79.5 cm³/mol. The van der Waals surface area contributed by atoms with Crippen LogP contribution in [0.15, 0.2) is 48.5 Å². The number of aromatic hydroxyl groups is 1. The number of rotatable bonds is 4. The molecule has 2 aromatic rings. The summed E-state index contributed by atoms with van der Waals surface area (Å²) in [7, 11) is 0. The molecule has 0 heterocycles.